The van der Waals surface area contributed by atoms with Crippen LogP contribution in [0.3, 0.4) is 0 Å². The number of aliphatic hydroxyl groups excluding tert-OH is 1. The summed E-state index contributed by atoms with van der Waals surface area (Å²) in [7, 11) is -2.17. The third-order valence-electron chi connectivity index (χ3n) is 2.50. The molecule has 1 aromatic carbocycles. The average Bonchev–Trinajstić information content (AvgIpc) is 2.70. The van der Waals surface area contributed by atoms with Gasteiger partial charge in [0.1, 0.15) is 4.90 Å². The number of rotatable bonds is 4. The van der Waals surface area contributed by atoms with Crippen molar-refractivity contribution in [2.75, 3.05) is 10.5 Å². The maximum absolute atomic E-state index is 12.1. The van der Waals surface area contributed by atoms with E-state index in [4.69, 9.17) is 10.8 Å². The molecule has 0 spiro atoms. The van der Waals surface area contributed by atoms with E-state index in [1.165, 1.54) is 10.9 Å². The fourth-order valence-electron chi connectivity index (χ4n) is 1.58. The Morgan fingerprint density at radius 1 is 1.37 bits per heavy atom. The van der Waals surface area contributed by atoms with E-state index in [1.807, 2.05) is 0 Å². The zero-order valence-corrected chi connectivity index (χ0v) is 11.1. The summed E-state index contributed by atoms with van der Waals surface area (Å²) >= 11 is 0. The molecule has 0 saturated heterocycles. The molecule has 19 heavy (non-hydrogen) atoms. The topological polar surface area (TPSA) is 110 Å². The van der Waals surface area contributed by atoms with Crippen LogP contribution >= 0.6 is 0 Å². The van der Waals surface area contributed by atoms with Gasteiger partial charge < -0.3 is 10.8 Å². The first kappa shape index (κ1) is 13.4. The van der Waals surface area contributed by atoms with Gasteiger partial charge in [0.05, 0.1) is 6.61 Å². The van der Waals surface area contributed by atoms with Gasteiger partial charge in [0.25, 0.3) is 10.0 Å². The summed E-state index contributed by atoms with van der Waals surface area (Å²) in [5.41, 5.74) is 6.63. The monoisotopic (exact) mass is 282 g/mol. The minimum Gasteiger partial charge on any atom is -0.392 e. The molecule has 8 heteroatoms. The number of anilines is 2. The van der Waals surface area contributed by atoms with Crippen molar-refractivity contribution in [2.24, 2.45) is 7.05 Å². The van der Waals surface area contributed by atoms with Crippen LogP contribution in [0, 0.1) is 0 Å². The molecule has 1 aromatic heterocycles. The second-order valence-electron chi connectivity index (χ2n) is 4.01. The van der Waals surface area contributed by atoms with Crippen molar-refractivity contribution in [3.05, 3.63) is 36.0 Å². The smallest absolute Gasteiger partial charge is 0.267 e. The Morgan fingerprint density at radius 2 is 2.00 bits per heavy atom. The van der Waals surface area contributed by atoms with Crippen molar-refractivity contribution in [1.82, 2.24) is 9.78 Å². The molecule has 4 N–H and O–H groups in total. The van der Waals surface area contributed by atoms with Crippen LogP contribution in [-0.4, -0.2) is 23.3 Å². The number of nitrogen functional groups attached to an aromatic ring is 1. The SMILES string of the molecule is Cn1cc(S(=O)(=O)Nc2ccc(CO)cc2)c(N)n1. The molecular formula is C11H14N4O3S. The van der Waals surface area contributed by atoms with Gasteiger partial charge in [-0.25, -0.2) is 8.42 Å². The number of benzene rings is 1. The van der Waals surface area contributed by atoms with Gasteiger partial charge >= 0.3 is 0 Å². The van der Waals surface area contributed by atoms with E-state index in [0.717, 1.165) is 0 Å². The van der Waals surface area contributed by atoms with Crippen LogP contribution in [0.5, 0.6) is 0 Å². The van der Waals surface area contributed by atoms with Crippen LogP contribution < -0.4 is 10.5 Å². The van der Waals surface area contributed by atoms with Crippen molar-refractivity contribution in [3.63, 3.8) is 0 Å². The molecule has 7 nitrogen and oxygen atoms in total. The predicted molar refractivity (Wildman–Crippen MR) is 70.8 cm³/mol. The van der Waals surface area contributed by atoms with Gasteiger partial charge in [-0.05, 0) is 17.7 Å². The van der Waals surface area contributed by atoms with E-state index < -0.39 is 10.0 Å². The van der Waals surface area contributed by atoms with Crippen LogP contribution in [0.4, 0.5) is 11.5 Å². The third kappa shape index (κ3) is 2.85. The molecule has 0 bridgehead atoms. The van der Waals surface area contributed by atoms with Crippen molar-refractivity contribution in [2.45, 2.75) is 11.5 Å². The van der Waals surface area contributed by atoms with Crippen LogP contribution in [0.25, 0.3) is 0 Å². The summed E-state index contributed by atoms with van der Waals surface area (Å²) < 4.78 is 27.9. The van der Waals surface area contributed by atoms with Crippen LogP contribution in [0.1, 0.15) is 5.56 Å². The molecule has 0 aliphatic heterocycles. The highest BCUT2D eigenvalue weighted by Crippen LogP contribution is 2.20. The summed E-state index contributed by atoms with van der Waals surface area (Å²) in [5, 5.41) is 12.7. The molecule has 0 radical (unpaired) electrons. The van der Waals surface area contributed by atoms with Crippen molar-refractivity contribution in [3.8, 4) is 0 Å². The summed E-state index contributed by atoms with van der Waals surface area (Å²) in [5.74, 6) is -0.0537. The van der Waals surface area contributed by atoms with Crippen molar-refractivity contribution < 1.29 is 13.5 Å². The summed E-state index contributed by atoms with van der Waals surface area (Å²) in [6.45, 7) is -0.0947. The number of nitrogens with zero attached hydrogens (tertiary/aromatic N) is 2. The van der Waals surface area contributed by atoms with Gasteiger partial charge in [-0.15, -0.1) is 0 Å². The Hall–Kier alpha value is -2.06. The minimum atomic E-state index is -3.76. The molecular weight excluding hydrogens is 268 g/mol. The molecule has 0 aliphatic carbocycles. The van der Waals surface area contributed by atoms with E-state index in [-0.39, 0.29) is 17.3 Å². The molecule has 2 rings (SSSR count). The van der Waals surface area contributed by atoms with E-state index in [1.54, 1.807) is 31.3 Å². The highest BCUT2D eigenvalue weighted by molar-refractivity contribution is 7.92. The molecule has 102 valence electrons. The fraction of sp³-hybridized carbons (Fsp3) is 0.182. The highest BCUT2D eigenvalue weighted by atomic mass is 32.2. The first-order chi connectivity index (χ1) is 8.92. The zero-order valence-electron chi connectivity index (χ0n) is 10.2. The van der Waals surface area contributed by atoms with Crippen LogP contribution in [0.15, 0.2) is 35.4 Å². The lowest BCUT2D eigenvalue weighted by Crippen LogP contribution is -2.13. The molecule has 2 aromatic rings. The predicted octanol–water partition coefficient (Wildman–Crippen LogP) is 0.295. The molecule has 0 unspecified atom stereocenters. The van der Waals surface area contributed by atoms with E-state index in [2.05, 4.69) is 9.82 Å². The Morgan fingerprint density at radius 3 is 2.47 bits per heavy atom. The number of sulfonamides is 1. The number of hydrogen-bond donors (Lipinski definition) is 3. The standard InChI is InChI=1S/C11H14N4O3S/c1-15-6-10(11(12)13-15)19(17,18)14-9-4-2-8(7-16)3-5-9/h2-6,14,16H,7H2,1H3,(H2,12,13). The van der Waals surface area contributed by atoms with E-state index in [9.17, 15) is 8.42 Å². The average molecular weight is 282 g/mol. The Bertz CT molecular complexity index is 676. The molecule has 0 aliphatic rings. The van der Waals surface area contributed by atoms with Crippen LogP contribution in [0.2, 0.25) is 0 Å². The number of aromatic nitrogens is 2. The molecule has 0 amide bonds. The maximum Gasteiger partial charge on any atom is 0.267 e. The Balaban J connectivity index is 2.28. The van der Waals surface area contributed by atoms with E-state index in [0.29, 0.717) is 11.3 Å². The number of aryl methyl sites for hydroxylation is 1. The van der Waals surface area contributed by atoms with Crippen molar-refractivity contribution in [1.29, 1.82) is 0 Å². The lowest BCUT2D eigenvalue weighted by atomic mass is 10.2. The molecule has 0 saturated carbocycles. The number of aliphatic hydroxyl groups is 1. The maximum atomic E-state index is 12.1. The quantitative estimate of drug-likeness (QED) is 0.746. The van der Waals surface area contributed by atoms with Gasteiger partial charge in [0.2, 0.25) is 0 Å². The largest absolute Gasteiger partial charge is 0.392 e. The van der Waals surface area contributed by atoms with E-state index >= 15 is 0 Å². The minimum absolute atomic E-state index is 0.0537. The zero-order chi connectivity index (χ0) is 14.0. The Labute approximate surface area is 110 Å². The number of hydrogen-bond acceptors (Lipinski definition) is 5. The first-order valence-electron chi connectivity index (χ1n) is 5.44. The van der Waals surface area contributed by atoms with Gasteiger partial charge in [0, 0.05) is 18.9 Å². The molecule has 0 atom stereocenters. The molecule has 1 heterocycles. The number of nitrogens with two attached hydrogens (primary N) is 1. The normalized spacial score (nSPS) is 11.5. The second kappa shape index (κ2) is 4.90. The van der Waals surface area contributed by atoms with Gasteiger partial charge in [-0.3, -0.25) is 9.40 Å². The lowest BCUT2D eigenvalue weighted by Gasteiger charge is -2.07. The second-order valence-corrected chi connectivity index (χ2v) is 5.66. The summed E-state index contributed by atoms with van der Waals surface area (Å²) in [4.78, 5) is -0.0683. The first-order valence-corrected chi connectivity index (χ1v) is 6.92. The fourth-order valence-corrected chi connectivity index (χ4v) is 2.74. The summed E-state index contributed by atoms with van der Waals surface area (Å²) in [6.07, 6.45) is 1.33. The highest BCUT2D eigenvalue weighted by Gasteiger charge is 2.20. The van der Waals surface area contributed by atoms with Gasteiger partial charge in [0.15, 0.2) is 5.82 Å². The van der Waals surface area contributed by atoms with Crippen LogP contribution in [-0.2, 0) is 23.7 Å². The number of nitrogens with one attached hydrogen (secondary N) is 1. The lowest BCUT2D eigenvalue weighted by molar-refractivity contribution is 0.282. The van der Waals surface area contributed by atoms with Gasteiger partial charge in [-0.2, -0.15) is 5.10 Å². The summed E-state index contributed by atoms with van der Waals surface area (Å²) in [6, 6.07) is 6.39. The Kier molecular flexibility index (Phi) is 3.45. The third-order valence-corrected chi connectivity index (χ3v) is 3.90. The molecule has 0 fully saturated rings. The van der Waals surface area contributed by atoms with Crippen molar-refractivity contribution >= 4 is 21.5 Å². The van der Waals surface area contributed by atoms with Gasteiger partial charge in [-0.1, -0.05) is 12.1 Å².